The highest BCUT2D eigenvalue weighted by Gasteiger charge is 2.27. The summed E-state index contributed by atoms with van der Waals surface area (Å²) in [4.78, 5) is 12.1. The third-order valence-electron chi connectivity index (χ3n) is 3.28. The molecule has 0 aromatic heterocycles. The van der Waals surface area contributed by atoms with Gasteiger partial charge in [0.2, 0.25) is 0 Å². The molecule has 0 amide bonds. The van der Waals surface area contributed by atoms with Crippen molar-refractivity contribution in [3.63, 3.8) is 0 Å². The van der Waals surface area contributed by atoms with E-state index in [1.165, 1.54) is 11.1 Å². The van der Waals surface area contributed by atoms with Gasteiger partial charge >= 0.3 is 0 Å². The molecule has 0 bridgehead atoms. The molecule has 0 aliphatic heterocycles. The molecule has 2 N–H and O–H groups in total. The molecule has 0 saturated carbocycles. The smallest absolute Gasteiger partial charge is 0.154 e. The average Bonchev–Trinajstić information content (AvgIpc) is 2.21. The van der Waals surface area contributed by atoms with Gasteiger partial charge in [-0.1, -0.05) is 39.0 Å². The Labute approximate surface area is 104 Å². The van der Waals surface area contributed by atoms with E-state index in [2.05, 4.69) is 0 Å². The number of ketones is 1. The molecule has 2 heteroatoms. The van der Waals surface area contributed by atoms with Crippen LogP contribution >= 0.6 is 0 Å². The maximum atomic E-state index is 12.1. The van der Waals surface area contributed by atoms with Gasteiger partial charge in [-0.2, -0.15) is 0 Å². The third-order valence-corrected chi connectivity index (χ3v) is 3.28. The molecule has 2 nitrogen and oxygen atoms in total. The Morgan fingerprint density at radius 2 is 1.71 bits per heavy atom. The Hall–Kier alpha value is -1.15. The maximum Gasteiger partial charge on any atom is 0.154 e. The summed E-state index contributed by atoms with van der Waals surface area (Å²) in [6.45, 7) is 10.1. The first-order valence-electron chi connectivity index (χ1n) is 6.07. The van der Waals surface area contributed by atoms with Crippen molar-refractivity contribution in [3.8, 4) is 0 Å². The molecule has 1 aromatic rings. The predicted octanol–water partition coefficient (Wildman–Crippen LogP) is 2.79. The van der Waals surface area contributed by atoms with Crippen LogP contribution in [0.2, 0.25) is 0 Å². The lowest BCUT2D eigenvalue weighted by molar-refractivity contribution is -0.121. The van der Waals surface area contributed by atoms with E-state index in [1.807, 2.05) is 52.8 Å². The highest BCUT2D eigenvalue weighted by Crippen LogP contribution is 2.21. The summed E-state index contributed by atoms with van der Waals surface area (Å²) >= 11 is 0. The minimum atomic E-state index is -0.401. The van der Waals surface area contributed by atoms with Gasteiger partial charge in [0.25, 0.3) is 0 Å². The van der Waals surface area contributed by atoms with E-state index in [0.29, 0.717) is 6.42 Å². The molecule has 1 atom stereocenters. The maximum absolute atomic E-state index is 12.1. The number of benzene rings is 1. The van der Waals surface area contributed by atoms with Crippen LogP contribution in [0.5, 0.6) is 0 Å². The third kappa shape index (κ3) is 3.40. The number of hydrogen-bond acceptors (Lipinski definition) is 2. The lowest BCUT2D eigenvalue weighted by Crippen LogP contribution is -2.43. The lowest BCUT2D eigenvalue weighted by atomic mass is 9.82. The van der Waals surface area contributed by atoms with Crippen molar-refractivity contribution in [1.82, 2.24) is 0 Å². The van der Waals surface area contributed by atoms with Crippen molar-refractivity contribution in [2.75, 3.05) is 0 Å². The van der Waals surface area contributed by atoms with Gasteiger partial charge in [-0.3, -0.25) is 4.79 Å². The summed E-state index contributed by atoms with van der Waals surface area (Å²) in [5, 5.41) is 0. The van der Waals surface area contributed by atoms with Crippen LogP contribution in [0.3, 0.4) is 0 Å². The van der Waals surface area contributed by atoms with Crippen LogP contribution in [0.4, 0.5) is 0 Å². The van der Waals surface area contributed by atoms with Gasteiger partial charge in [0.15, 0.2) is 5.78 Å². The molecule has 0 saturated heterocycles. The van der Waals surface area contributed by atoms with E-state index in [1.54, 1.807) is 0 Å². The monoisotopic (exact) mass is 233 g/mol. The van der Waals surface area contributed by atoms with Gasteiger partial charge in [-0.05, 0) is 36.0 Å². The molecule has 17 heavy (non-hydrogen) atoms. The Kier molecular flexibility index (Phi) is 4.10. The zero-order valence-electron chi connectivity index (χ0n) is 11.5. The van der Waals surface area contributed by atoms with E-state index in [-0.39, 0.29) is 11.2 Å². The highest BCUT2D eigenvalue weighted by atomic mass is 16.1. The quantitative estimate of drug-likeness (QED) is 0.872. The number of carbonyl (C=O) groups excluding carboxylic acids is 1. The summed E-state index contributed by atoms with van der Waals surface area (Å²) in [6, 6.07) is 5.69. The summed E-state index contributed by atoms with van der Waals surface area (Å²) in [6.07, 6.45) is 0.441. The first-order chi connectivity index (χ1) is 7.73. The van der Waals surface area contributed by atoms with Crippen molar-refractivity contribution in [2.45, 2.75) is 47.1 Å². The van der Waals surface area contributed by atoms with Crippen molar-refractivity contribution in [2.24, 2.45) is 11.1 Å². The van der Waals surface area contributed by atoms with Crippen molar-refractivity contribution >= 4 is 5.78 Å². The zero-order valence-corrected chi connectivity index (χ0v) is 11.5. The van der Waals surface area contributed by atoms with Crippen molar-refractivity contribution in [3.05, 3.63) is 34.9 Å². The van der Waals surface area contributed by atoms with Crippen LogP contribution in [0, 0.1) is 19.3 Å². The normalized spacial score (nSPS) is 13.5. The predicted molar refractivity (Wildman–Crippen MR) is 72.1 cm³/mol. The molecule has 1 unspecified atom stereocenters. The van der Waals surface area contributed by atoms with Gasteiger partial charge < -0.3 is 5.73 Å². The van der Waals surface area contributed by atoms with Gasteiger partial charge in [-0.25, -0.2) is 0 Å². The molecule has 1 aromatic carbocycles. The Balaban J connectivity index is 2.89. The molecule has 94 valence electrons. The topological polar surface area (TPSA) is 43.1 Å². The Morgan fingerprint density at radius 3 is 2.12 bits per heavy atom. The molecule has 0 radical (unpaired) electrons. The first kappa shape index (κ1) is 13.9. The summed E-state index contributed by atoms with van der Waals surface area (Å²) < 4.78 is 0. The Bertz CT molecular complexity index is 395. The number of nitrogens with two attached hydrogens (primary N) is 1. The minimum Gasteiger partial charge on any atom is -0.321 e. The van der Waals surface area contributed by atoms with E-state index in [9.17, 15) is 4.79 Å². The van der Waals surface area contributed by atoms with Crippen LogP contribution in [0.15, 0.2) is 18.2 Å². The fourth-order valence-corrected chi connectivity index (χ4v) is 1.89. The van der Waals surface area contributed by atoms with Crippen LogP contribution in [-0.2, 0) is 11.2 Å². The minimum absolute atomic E-state index is 0.120. The molecule has 1 rings (SSSR count). The second-order valence-corrected chi connectivity index (χ2v) is 5.86. The van der Waals surface area contributed by atoms with Gasteiger partial charge in [0, 0.05) is 6.42 Å². The number of aryl methyl sites for hydroxylation is 2. The standard InChI is InChI=1S/C15H23NO/c1-10-7-6-8-11(2)12(10)9-13(17)14(16)15(3,4)5/h6-8,14H,9,16H2,1-5H3. The van der Waals surface area contributed by atoms with E-state index in [4.69, 9.17) is 5.73 Å². The van der Waals surface area contributed by atoms with E-state index in [0.717, 1.165) is 5.56 Å². The van der Waals surface area contributed by atoms with Gasteiger partial charge in [0.1, 0.15) is 0 Å². The molecule has 0 heterocycles. The fraction of sp³-hybridized carbons (Fsp3) is 0.533. The number of hydrogen-bond donors (Lipinski definition) is 1. The van der Waals surface area contributed by atoms with Crippen molar-refractivity contribution in [1.29, 1.82) is 0 Å². The number of rotatable bonds is 3. The second-order valence-electron chi connectivity index (χ2n) is 5.86. The first-order valence-corrected chi connectivity index (χ1v) is 6.07. The molecule has 0 fully saturated rings. The lowest BCUT2D eigenvalue weighted by Gasteiger charge is -2.26. The van der Waals surface area contributed by atoms with Gasteiger partial charge in [-0.15, -0.1) is 0 Å². The molecule has 0 aliphatic rings. The SMILES string of the molecule is Cc1cccc(C)c1CC(=O)C(N)C(C)(C)C. The molecule has 0 spiro atoms. The molecular formula is C15H23NO. The zero-order chi connectivity index (χ0) is 13.2. The largest absolute Gasteiger partial charge is 0.321 e. The average molecular weight is 233 g/mol. The highest BCUT2D eigenvalue weighted by molar-refractivity contribution is 5.87. The second kappa shape index (κ2) is 5.01. The van der Waals surface area contributed by atoms with Crippen LogP contribution < -0.4 is 5.73 Å². The van der Waals surface area contributed by atoms with Crippen LogP contribution in [-0.4, -0.2) is 11.8 Å². The fourth-order valence-electron chi connectivity index (χ4n) is 1.89. The van der Waals surface area contributed by atoms with Crippen molar-refractivity contribution < 1.29 is 4.79 Å². The summed E-state index contributed by atoms with van der Waals surface area (Å²) in [5.74, 6) is 0.120. The molecule has 0 aliphatic carbocycles. The van der Waals surface area contributed by atoms with Crippen LogP contribution in [0.1, 0.15) is 37.5 Å². The number of carbonyl (C=O) groups is 1. The summed E-state index contributed by atoms with van der Waals surface area (Å²) in [7, 11) is 0. The van der Waals surface area contributed by atoms with E-state index >= 15 is 0 Å². The number of Topliss-reactive ketones (excluding diaryl/α,β-unsaturated/α-hetero) is 1. The van der Waals surface area contributed by atoms with Gasteiger partial charge in [0.05, 0.1) is 6.04 Å². The Morgan fingerprint density at radius 1 is 1.24 bits per heavy atom. The van der Waals surface area contributed by atoms with E-state index < -0.39 is 6.04 Å². The summed E-state index contributed by atoms with van der Waals surface area (Å²) in [5.41, 5.74) is 9.27. The molecular weight excluding hydrogens is 210 g/mol. The van der Waals surface area contributed by atoms with Crippen LogP contribution in [0.25, 0.3) is 0 Å².